The molecule has 1 fully saturated rings. The molecule has 0 radical (unpaired) electrons. The fourth-order valence-electron chi connectivity index (χ4n) is 1.92. The van der Waals surface area contributed by atoms with Crippen LogP contribution in [0.4, 0.5) is 0 Å². The van der Waals surface area contributed by atoms with Crippen LogP contribution in [-0.4, -0.2) is 56.9 Å². The SMILES string of the molecule is Cc1ccc(S[C@@H]2O[C@H](CO)[C@H](O)[C@H](O)[C@H]2O)cc1. The number of aliphatic hydroxyl groups excluding tert-OH is 4. The monoisotopic (exact) mass is 286 g/mol. The lowest BCUT2D eigenvalue weighted by molar-refractivity contribution is -0.205. The average molecular weight is 286 g/mol. The van der Waals surface area contributed by atoms with Crippen LogP contribution in [0.25, 0.3) is 0 Å². The standard InChI is InChI=1S/C13H18O5S/c1-7-2-4-8(5-3-7)19-13-12(17)11(16)10(15)9(6-14)18-13/h2-5,9-17H,6H2,1H3/t9-,10+,11+,12-,13+/m1/s1. The van der Waals surface area contributed by atoms with Crippen LogP contribution < -0.4 is 0 Å². The van der Waals surface area contributed by atoms with E-state index in [0.29, 0.717) is 0 Å². The molecule has 1 aliphatic heterocycles. The van der Waals surface area contributed by atoms with Crippen LogP contribution in [0.15, 0.2) is 29.2 Å². The Morgan fingerprint density at radius 2 is 1.68 bits per heavy atom. The first-order valence-corrected chi connectivity index (χ1v) is 6.94. The second kappa shape index (κ2) is 6.21. The van der Waals surface area contributed by atoms with Gasteiger partial charge in [-0.1, -0.05) is 29.5 Å². The molecule has 5 nitrogen and oxygen atoms in total. The molecule has 0 aliphatic carbocycles. The Labute approximate surface area is 115 Å². The van der Waals surface area contributed by atoms with Gasteiger partial charge in [0, 0.05) is 4.90 Å². The Balaban J connectivity index is 2.08. The summed E-state index contributed by atoms with van der Waals surface area (Å²) < 4.78 is 5.42. The van der Waals surface area contributed by atoms with Crippen molar-refractivity contribution in [2.45, 2.75) is 41.7 Å². The molecule has 0 amide bonds. The van der Waals surface area contributed by atoms with Crippen molar-refractivity contribution in [2.24, 2.45) is 0 Å². The maximum absolute atomic E-state index is 9.90. The first-order chi connectivity index (χ1) is 9.02. The highest BCUT2D eigenvalue weighted by atomic mass is 32.2. The van der Waals surface area contributed by atoms with E-state index in [1.165, 1.54) is 11.8 Å². The van der Waals surface area contributed by atoms with Crippen molar-refractivity contribution in [1.29, 1.82) is 0 Å². The van der Waals surface area contributed by atoms with Gasteiger partial charge in [0.1, 0.15) is 29.9 Å². The van der Waals surface area contributed by atoms with Crippen LogP contribution in [0, 0.1) is 6.92 Å². The van der Waals surface area contributed by atoms with E-state index in [0.717, 1.165) is 10.5 Å². The highest BCUT2D eigenvalue weighted by Crippen LogP contribution is 2.33. The van der Waals surface area contributed by atoms with Crippen molar-refractivity contribution < 1.29 is 25.2 Å². The van der Waals surface area contributed by atoms with E-state index < -0.39 is 36.5 Å². The molecular formula is C13H18O5S. The first-order valence-electron chi connectivity index (χ1n) is 6.07. The summed E-state index contributed by atoms with van der Waals surface area (Å²) in [6, 6.07) is 7.65. The zero-order valence-corrected chi connectivity index (χ0v) is 11.3. The molecule has 4 N–H and O–H groups in total. The van der Waals surface area contributed by atoms with Gasteiger partial charge in [0.15, 0.2) is 0 Å². The maximum Gasteiger partial charge on any atom is 0.136 e. The molecule has 0 unspecified atom stereocenters. The minimum absolute atomic E-state index is 0.407. The quantitative estimate of drug-likeness (QED) is 0.620. The number of ether oxygens (including phenoxy) is 1. The van der Waals surface area contributed by atoms with E-state index in [4.69, 9.17) is 9.84 Å². The van der Waals surface area contributed by atoms with Crippen LogP contribution in [0.5, 0.6) is 0 Å². The molecule has 2 rings (SSSR count). The van der Waals surface area contributed by atoms with E-state index >= 15 is 0 Å². The second-order valence-corrected chi connectivity index (χ2v) is 5.80. The Bertz CT molecular complexity index is 408. The number of hydrogen-bond acceptors (Lipinski definition) is 6. The zero-order valence-electron chi connectivity index (χ0n) is 10.5. The van der Waals surface area contributed by atoms with Gasteiger partial charge in [0.25, 0.3) is 0 Å². The van der Waals surface area contributed by atoms with Gasteiger partial charge in [-0.15, -0.1) is 0 Å². The largest absolute Gasteiger partial charge is 0.394 e. The van der Waals surface area contributed by atoms with Crippen molar-refractivity contribution in [3.63, 3.8) is 0 Å². The van der Waals surface area contributed by atoms with Gasteiger partial charge in [-0.05, 0) is 19.1 Å². The molecular weight excluding hydrogens is 268 g/mol. The molecule has 1 aliphatic rings. The third-order valence-corrected chi connectivity index (χ3v) is 4.29. The highest BCUT2D eigenvalue weighted by Gasteiger charge is 2.43. The van der Waals surface area contributed by atoms with E-state index in [2.05, 4.69) is 0 Å². The van der Waals surface area contributed by atoms with E-state index in [1.54, 1.807) is 0 Å². The summed E-state index contributed by atoms with van der Waals surface area (Å²) in [7, 11) is 0. The molecule has 0 bridgehead atoms. The van der Waals surface area contributed by atoms with Gasteiger partial charge in [0.2, 0.25) is 0 Å². The summed E-state index contributed by atoms with van der Waals surface area (Å²) in [6.45, 7) is 1.57. The molecule has 106 valence electrons. The van der Waals surface area contributed by atoms with E-state index in [-0.39, 0.29) is 0 Å². The first kappa shape index (κ1) is 14.8. The smallest absolute Gasteiger partial charge is 0.136 e. The van der Waals surface area contributed by atoms with Gasteiger partial charge in [-0.3, -0.25) is 0 Å². The maximum atomic E-state index is 9.90. The van der Waals surface area contributed by atoms with Crippen LogP contribution in [-0.2, 0) is 4.74 Å². The predicted octanol–water partition coefficient (Wildman–Crippen LogP) is -0.113. The Hall–Kier alpha value is -0.630. The molecule has 0 spiro atoms. The molecule has 1 aromatic rings. The normalized spacial score (nSPS) is 35.3. The van der Waals surface area contributed by atoms with Gasteiger partial charge >= 0.3 is 0 Å². The summed E-state index contributed by atoms with van der Waals surface area (Å²) in [6.07, 6.45) is -4.70. The Kier molecular flexibility index (Phi) is 4.83. The van der Waals surface area contributed by atoms with Crippen LogP contribution in [0.2, 0.25) is 0 Å². The molecule has 1 saturated heterocycles. The van der Waals surface area contributed by atoms with Crippen molar-refractivity contribution in [1.82, 2.24) is 0 Å². The predicted molar refractivity (Wildman–Crippen MR) is 70.8 cm³/mol. The minimum atomic E-state index is -1.33. The Morgan fingerprint density at radius 1 is 1.05 bits per heavy atom. The van der Waals surface area contributed by atoms with Gasteiger partial charge < -0.3 is 25.2 Å². The van der Waals surface area contributed by atoms with Crippen molar-refractivity contribution >= 4 is 11.8 Å². The fourth-order valence-corrected chi connectivity index (χ4v) is 2.98. The molecule has 1 heterocycles. The van der Waals surface area contributed by atoms with E-state index in [9.17, 15) is 15.3 Å². The topological polar surface area (TPSA) is 90.2 Å². The van der Waals surface area contributed by atoms with Gasteiger partial charge in [-0.2, -0.15) is 0 Å². The number of benzene rings is 1. The van der Waals surface area contributed by atoms with Crippen molar-refractivity contribution in [2.75, 3.05) is 6.61 Å². The average Bonchev–Trinajstić information content (AvgIpc) is 2.42. The highest BCUT2D eigenvalue weighted by molar-refractivity contribution is 7.99. The number of aryl methyl sites for hydroxylation is 1. The Morgan fingerprint density at radius 3 is 2.26 bits per heavy atom. The molecule has 0 saturated carbocycles. The summed E-state index contributed by atoms with van der Waals surface area (Å²) >= 11 is 1.25. The fraction of sp³-hybridized carbons (Fsp3) is 0.538. The second-order valence-electron chi connectivity index (χ2n) is 4.63. The van der Waals surface area contributed by atoms with Crippen LogP contribution in [0.3, 0.4) is 0 Å². The minimum Gasteiger partial charge on any atom is -0.394 e. The lowest BCUT2D eigenvalue weighted by Gasteiger charge is -2.39. The summed E-state index contributed by atoms with van der Waals surface area (Å²) in [5.41, 5.74) is 0.399. The summed E-state index contributed by atoms with van der Waals surface area (Å²) in [4.78, 5) is 0.884. The van der Waals surface area contributed by atoms with Crippen LogP contribution in [0.1, 0.15) is 5.56 Å². The van der Waals surface area contributed by atoms with E-state index in [1.807, 2.05) is 31.2 Å². The third-order valence-electron chi connectivity index (χ3n) is 3.12. The third kappa shape index (κ3) is 3.28. The van der Waals surface area contributed by atoms with Crippen LogP contribution >= 0.6 is 11.8 Å². The lowest BCUT2D eigenvalue weighted by Crippen LogP contribution is -2.57. The van der Waals surface area contributed by atoms with Crippen molar-refractivity contribution in [3.05, 3.63) is 29.8 Å². The number of rotatable bonds is 3. The number of aliphatic hydroxyl groups is 4. The lowest BCUT2D eigenvalue weighted by atomic mass is 10.0. The van der Waals surface area contributed by atoms with Gasteiger partial charge in [-0.25, -0.2) is 0 Å². The van der Waals surface area contributed by atoms with Gasteiger partial charge in [0.05, 0.1) is 6.61 Å². The number of hydrogen-bond donors (Lipinski definition) is 4. The molecule has 5 atom stereocenters. The molecule has 6 heteroatoms. The summed E-state index contributed by atoms with van der Waals surface area (Å²) in [5.74, 6) is 0. The number of thioether (sulfide) groups is 1. The molecule has 1 aromatic carbocycles. The molecule has 19 heavy (non-hydrogen) atoms. The summed E-state index contributed by atoms with van der Waals surface area (Å²) in [5, 5.41) is 38.4. The zero-order chi connectivity index (χ0) is 14.0. The van der Waals surface area contributed by atoms with Crippen molar-refractivity contribution in [3.8, 4) is 0 Å². The molecule has 0 aromatic heterocycles.